The Hall–Kier alpha value is -3.13. The first kappa shape index (κ1) is 17.7. The number of amides is 1. The number of methoxy groups -OCH3 is 1. The van der Waals surface area contributed by atoms with Gasteiger partial charge in [-0.1, -0.05) is 28.1 Å². The van der Waals surface area contributed by atoms with Gasteiger partial charge in [-0.05, 0) is 42.0 Å². The quantitative estimate of drug-likeness (QED) is 0.440. The first-order chi connectivity index (χ1) is 12.6. The number of aromatic hydroxyl groups is 1. The van der Waals surface area contributed by atoms with Gasteiger partial charge >= 0.3 is 0 Å². The second-order valence-electron chi connectivity index (χ2n) is 5.30. The summed E-state index contributed by atoms with van der Waals surface area (Å²) in [6, 6.07) is 14.0. The summed E-state index contributed by atoms with van der Waals surface area (Å²) < 4.78 is 5.99. The predicted octanol–water partition coefficient (Wildman–Crippen LogP) is 3.32. The zero-order chi connectivity index (χ0) is 18.5. The minimum Gasteiger partial charge on any atom is -0.504 e. The van der Waals surface area contributed by atoms with Crippen molar-refractivity contribution in [3.05, 3.63) is 64.3 Å². The molecule has 0 radical (unpaired) electrons. The van der Waals surface area contributed by atoms with Crippen LogP contribution in [0.1, 0.15) is 16.1 Å². The first-order valence-corrected chi connectivity index (χ1v) is 8.38. The fraction of sp³-hybridized carbons (Fsp3) is 0.0556. The zero-order valence-electron chi connectivity index (χ0n) is 13.7. The van der Waals surface area contributed by atoms with E-state index in [9.17, 15) is 9.90 Å². The van der Waals surface area contributed by atoms with Gasteiger partial charge in [0.15, 0.2) is 11.5 Å². The van der Waals surface area contributed by atoms with Gasteiger partial charge < -0.3 is 9.84 Å². The average Bonchev–Trinajstić information content (AvgIpc) is 3.14. The topological polar surface area (TPSA) is 99.6 Å². The van der Waals surface area contributed by atoms with E-state index in [4.69, 9.17) is 4.74 Å². The minimum atomic E-state index is -0.414. The Kier molecular flexibility index (Phi) is 5.33. The summed E-state index contributed by atoms with van der Waals surface area (Å²) in [6.45, 7) is 0. The molecule has 3 N–H and O–H groups in total. The van der Waals surface area contributed by atoms with E-state index in [1.807, 2.05) is 24.3 Å². The van der Waals surface area contributed by atoms with E-state index < -0.39 is 5.91 Å². The molecule has 0 atom stereocenters. The number of aromatic nitrogens is 2. The maximum absolute atomic E-state index is 12.1. The van der Waals surface area contributed by atoms with Crippen molar-refractivity contribution >= 4 is 28.1 Å². The molecule has 0 bridgehead atoms. The van der Waals surface area contributed by atoms with Gasteiger partial charge in [-0.3, -0.25) is 9.89 Å². The summed E-state index contributed by atoms with van der Waals surface area (Å²) in [7, 11) is 1.46. The van der Waals surface area contributed by atoms with Crippen LogP contribution in [0.15, 0.2) is 58.1 Å². The lowest BCUT2D eigenvalue weighted by molar-refractivity contribution is 0.0950. The Morgan fingerprint density at radius 2 is 2.04 bits per heavy atom. The second-order valence-corrected chi connectivity index (χ2v) is 6.22. The van der Waals surface area contributed by atoms with E-state index in [-0.39, 0.29) is 5.75 Å². The second kappa shape index (κ2) is 7.83. The lowest BCUT2D eigenvalue weighted by Gasteiger charge is -2.03. The van der Waals surface area contributed by atoms with Crippen molar-refractivity contribution in [2.75, 3.05) is 7.11 Å². The highest BCUT2D eigenvalue weighted by Gasteiger charge is 2.10. The maximum Gasteiger partial charge on any atom is 0.289 e. The molecule has 1 aromatic heterocycles. The average molecular weight is 415 g/mol. The van der Waals surface area contributed by atoms with Gasteiger partial charge in [0.1, 0.15) is 5.69 Å². The molecule has 0 saturated heterocycles. The largest absolute Gasteiger partial charge is 0.504 e. The third-order valence-corrected chi connectivity index (χ3v) is 4.07. The number of aromatic amines is 1. The van der Waals surface area contributed by atoms with Crippen molar-refractivity contribution in [2.24, 2.45) is 5.10 Å². The Labute approximate surface area is 157 Å². The van der Waals surface area contributed by atoms with Crippen LogP contribution in [0.25, 0.3) is 11.3 Å². The van der Waals surface area contributed by atoms with Crippen molar-refractivity contribution in [3.8, 4) is 22.8 Å². The van der Waals surface area contributed by atoms with Gasteiger partial charge in [0.2, 0.25) is 0 Å². The molecule has 1 amide bonds. The monoisotopic (exact) mass is 414 g/mol. The number of carbonyl (C=O) groups excluding carboxylic acids is 1. The number of hydrazone groups is 1. The Balaban J connectivity index is 1.66. The van der Waals surface area contributed by atoms with Crippen LogP contribution in [0, 0.1) is 0 Å². The molecule has 0 aliphatic carbocycles. The van der Waals surface area contributed by atoms with Crippen LogP contribution in [-0.4, -0.2) is 34.5 Å². The molecule has 8 heteroatoms. The van der Waals surface area contributed by atoms with Crippen LogP contribution >= 0.6 is 15.9 Å². The molecule has 26 heavy (non-hydrogen) atoms. The molecule has 0 aliphatic rings. The van der Waals surface area contributed by atoms with E-state index in [0.29, 0.717) is 22.7 Å². The summed E-state index contributed by atoms with van der Waals surface area (Å²) in [5.74, 6) is -0.0533. The number of hydrogen-bond donors (Lipinski definition) is 3. The molecule has 0 fully saturated rings. The van der Waals surface area contributed by atoms with Gasteiger partial charge in [0, 0.05) is 10.0 Å². The molecular formula is C18H15BrN4O3. The van der Waals surface area contributed by atoms with E-state index in [1.165, 1.54) is 19.4 Å². The highest BCUT2D eigenvalue weighted by molar-refractivity contribution is 9.10. The number of rotatable bonds is 5. The summed E-state index contributed by atoms with van der Waals surface area (Å²) in [4.78, 5) is 12.1. The Bertz CT molecular complexity index is 951. The van der Waals surface area contributed by atoms with Crippen molar-refractivity contribution in [3.63, 3.8) is 0 Å². The highest BCUT2D eigenvalue weighted by atomic mass is 79.9. The molecule has 0 aliphatic heterocycles. The summed E-state index contributed by atoms with van der Waals surface area (Å²) >= 11 is 3.38. The standard InChI is InChI=1S/C18H15BrN4O3/c1-26-17-8-11(2-7-16(17)24)10-20-23-18(25)15-9-14(21-22-15)12-3-5-13(19)6-4-12/h2-10,24H,1H3,(H,21,22)(H,23,25)/b20-10-. The van der Waals surface area contributed by atoms with Gasteiger partial charge in [-0.2, -0.15) is 10.2 Å². The van der Waals surface area contributed by atoms with E-state index >= 15 is 0 Å². The molecule has 0 unspecified atom stereocenters. The van der Waals surface area contributed by atoms with Crippen LogP contribution in [0.5, 0.6) is 11.5 Å². The van der Waals surface area contributed by atoms with E-state index in [1.54, 1.807) is 18.2 Å². The van der Waals surface area contributed by atoms with Crippen molar-refractivity contribution in [1.29, 1.82) is 0 Å². The number of ether oxygens (including phenoxy) is 1. The Morgan fingerprint density at radius 1 is 1.27 bits per heavy atom. The fourth-order valence-corrected chi connectivity index (χ4v) is 2.47. The molecule has 0 spiro atoms. The predicted molar refractivity (Wildman–Crippen MR) is 101 cm³/mol. The first-order valence-electron chi connectivity index (χ1n) is 7.58. The van der Waals surface area contributed by atoms with Crippen LogP contribution in [0.4, 0.5) is 0 Å². The SMILES string of the molecule is COc1cc(/C=N\NC(=O)c2cc(-c3ccc(Br)cc3)n[nH]2)ccc1O. The summed E-state index contributed by atoms with van der Waals surface area (Å²) in [5, 5.41) is 20.3. The number of nitrogens with one attached hydrogen (secondary N) is 2. The molecule has 2 aromatic carbocycles. The normalized spacial score (nSPS) is 10.8. The van der Waals surface area contributed by atoms with E-state index in [2.05, 4.69) is 36.7 Å². The molecule has 3 aromatic rings. The highest BCUT2D eigenvalue weighted by Crippen LogP contribution is 2.25. The molecule has 1 heterocycles. The molecule has 7 nitrogen and oxygen atoms in total. The number of phenolic OH excluding ortho intramolecular Hbond substituents is 1. The minimum absolute atomic E-state index is 0.0339. The maximum atomic E-state index is 12.1. The lowest BCUT2D eigenvalue weighted by atomic mass is 10.1. The number of H-pyrrole nitrogens is 1. The van der Waals surface area contributed by atoms with Crippen LogP contribution in [0.2, 0.25) is 0 Å². The number of phenols is 1. The number of hydrogen-bond acceptors (Lipinski definition) is 5. The van der Waals surface area contributed by atoms with E-state index in [0.717, 1.165) is 10.0 Å². The zero-order valence-corrected chi connectivity index (χ0v) is 15.3. The number of halogens is 1. The lowest BCUT2D eigenvalue weighted by Crippen LogP contribution is -2.18. The van der Waals surface area contributed by atoms with Crippen molar-refractivity contribution in [2.45, 2.75) is 0 Å². The number of nitrogens with zero attached hydrogens (tertiary/aromatic N) is 2. The van der Waals surface area contributed by atoms with Gasteiger partial charge in [-0.25, -0.2) is 5.43 Å². The third kappa shape index (κ3) is 4.09. The summed E-state index contributed by atoms with van der Waals surface area (Å²) in [5.41, 5.74) is 4.94. The van der Waals surface area contributed by atoms with Crippen LogP contribution in [-0.2, 0) is 0 Å². The van der Waals surface area contributed by atoms with Crippen LogP contribution < -0.4 is 10.2 Å². The van der Waals surface area contributed by atoms with Crippen molar-refractivity contribution < 1.29 is 14.6 Å². The van der Waals surface area contributed by atoms with Gasteiger partial charge in [-0.15, -0.1) is 0 Å². The fourth-order valence-electron chi connectivity index (χ4n) is 2.21. The Morgan fingerprint density at radius 3 is 2.77 bits per heavy atom. The molecule has 0 saturated carbocycles. The van der Waals surface area contributed by atoms with Gasteiger partial charge in [0.05, 0.1) is 19.0 Å². The summed E-state index contributed by atoms with van der Waals surface area (Å²) in [6.07, 6.45) is 1.45. The molecule has 132 valence electrons. The third-order valence-electron chi connectivity index (χ3n) is 3.55. The van der Waals surface area contributed by atoms with Crippen LogP contribution in [0.3, 0.4) is 0 Å². The number of benzene rings is 2. The van der Waals surface area contributed by atoms with Gasteiger partial charge in [0.25, 0.3) is 5.91 Å². The molecule has 3 rings (SSSR count). The van der Waals surface area contributed by atoms with Crippen molar-refractivity contribution in [1.82, 2.24) is 15.6 Å². The number of carbonyl (C=O) groups is 1. The smallest absolute Gasteiger partial charge is 0.289 e. The molecular weight excluding hydrogens is 400 g/mol.